The average Bonchev–Trinajstić information content (AvgIpc) is 2.64. The van der Waals surface area contributed by atoms with E-state index in [1.54, 1.807) is 24.3 Å². The van der Waals surface area contributed by atoms with Gasteiger partial charge in [-0.05, 0) is 51.3 Å². The summed E-state index contributed by atoms with van der Waals surface area (Å²) in [5.41, 5.74) is 1.28. The average molecular weight is 416 g/mol. The van der Waals surface area contributed by atoms with Crippen molar-refractivity contribution < 1.29 is 23.8 Å². The van der Waals surface area contributed by atoms with E-state index in [0.29, 0.717) is 35.0 Å². The molecule has 0 radical (unpaired) electrons. The van der Waals surface area contributed by atoms with E-state index in [1.807, 2.05) is 20.8 Å². The fraction of sp³-hybridized carbons (Fsp3) is 0.478. The van der Waals surface area contributed by atoms with Crippen LogP contribution in [0.25, 0.3) is 11.1 Å². The van der Waals surface area contributed by atoms with E-state index in [4.69, 9.17) is 9.47 Å². The largest absolute Gasteiger partial charge is 0.491 e. The third-order valence-corrected chi connectivity index (χ3v) is 5.08. The highest BCUT2D eigenvalue weighted by atomic mass is 19.1. The van der Waals surface area contributed by atoms with Gasteiger partial charge in [-0.15, -0.1) is 0 Å². The third kappa shape index (κ3) is 4.66. The lowest BCUT2D eigenvalue weighted by atomic mass is 9.97. The quantitative estimate of drug-likeness (QED) is 0.643. The Hall–Kier alpha value is -2.83. The molecule has 1 unspecified atom stereocenters. The van der Waals surface area contributed by atoms with Crippen LogP contribution >= 0.6 is 0 Å². The van der Waals surface area contributed by atoms with Gasteiger partial charge in [0.25, 0.3) is 0 Å². The van der Waals surface area contributed by atoms with Gasteiger partial charge in [-0.25, -0.2) is 9.78 Å². The molecule has 6 nitrogen and oxygen atoms in total. The minimum Gasteiger partial charge on any atom is -0.491 e. The SMILES string of the molecule is CC(C)CC(COc1ccc2c(c1)OCc1ccnc(F)c1-2)N(C(=O)O)C(C)(C)C. The molecule has 1 N–H and O–H groups in total. The van der Waals surface area contributed by atoms with Crippen LogP contribution in [0.15, 0.2) is 30.5 Å². The number of ether oxygens (including phenoxy) is 2. The smallest absolute Gasteiger partial charge is 0.408 e. The van der Waals surface area contributed by atoms with E-state index in [1.165, 1.54) is 11.1 Å². The van der Waals surface area contributed by atoms with E-state index in [2.05, 4.69) is 18.8 Å². The molecule has 162 valence electrons. The first-order valence-electron chi connectivity index (χ1n) is 10.1. The summed E-state index contributed by atoms with van der Waals surface area (Å²) in [6.45, 7) is 10.2. The molecule has 0 aliphatic carbocycles. The minimum atomic E-state index is -0.967. The van der Waals surface area contributed by atoms with Crippen LogP contribution in [0.4, 0.5) is 9.18 Å². The second-order valence-corrected chi connectivity index (χ2v) is 9.00. The van der Waals surface area contributed by atoms with Crippen molar-refractivity contribution in [2.45, 2.75) is 59.2 Å². The van der Waals surface area contributed by atoms with Crippen LogP contribution in [-0.4, -0.2) is 39.3 Å². The van der Waals surface area contributed by atoms with E-state index in [-0.39, 0.29) is 19.3 Å². The van der Waals surface area contributed by atoms with Gasteiger partial charge in [0, 0.05) is 34.5 Å². The zero-order valence-electron chi connectivity index (χ0n) is 18.1. The number of hydrogen-bond acceptors (Lipinski definition) is 4. The standard InChI is InChI=1S/C23H29FN2O4/c1-14(2)10-16(26(22(27)28)23(3,4)5)13-29-17-6-7-18-19(11-17)30-12-15-8-9-25-21(24)20(15)18/h6-9,11,14,16H,10,12-13H2,1-5H3,(H,27,28). The highest BCUT2D eigenvalue weighted by Gasteiger charge is 2.34. The van der Waals surface area contributed by atoms with Crippen molar-refractivity contribution in [1.82, 2.24) is 9.88 Å². The van der Waals surface area contributed by atoms with Gasteiger partial charge < -0.3 is 14.6 Å². The number of amides is 1. The fourth-order valence-electron chi connectivity index (χ4n) is 3.93. The minimum absolute atomic E-state index is 0.215. The van der Waals surface area contributed by atoms with Crippen LogP contribution < -0.4 is 9.47 Å². The first-order valence-corrected chi connectivity index (χ1v) is 10.1. The van der Waals surface area contributed by atoms with Crippen LogP contribution in [0.1, 0.15) is 46.6 Å². The Morgan fingerprint density at radius 2 is 2.07 bits per heavy atom. The van der Waals surface area contributed by atoms with Crippen LogP contribution in [-0.2, 0) is 6.61 Å². The summed E-state index contributed by atoms with van der Waals surface area (Å²) in [6.07, 6.45) is 1.14. The number of hydrogen-bond donors (Lipinski definition) is 1. The summed E-state index contributed by atoms with van der Waals surface area (Å²) in [5, 5.41) is 9.78. The summed E-state index contributed by atoms with van der Waals surface area (Å²) in [6, 6.07) is 6.66. The second kappa shape index (κ2) is 8.50. The van der Waals surface area contributed by atoms with Crippen LogP contribution in [0.3, 0.4) is 0 Å². The summed E-state index contributed by atoms with van der Waals surface area (Å²) >= 11 is 0. The molecular formula is C23H29FN2O4. The predicted octanol–water partition coefficient (Wildman–Crippen LogP) is 5.35. The molecule has 0 spiro atoms. The summed E-state index contributed by atoms with van der Waals surface area (Å²) < 4.78 is 26.0. The maximum Gasteiger partial charge on any atom is 0.408 e. The number of nitrogens with zero attached hydrogens (tertiary/aromatic N) is 2. The Morgan fingerprint density at radius 3 is 2.70 bits per heavy atom. The highest BCUT2D eigenvalue weighted by Crippen LogP contribution is 2.40. The van der Waals surface area contributed by atoms with Crippen molar-refractivity contribution in [3.05, 3.63) is 42.0 Å². The van der Waals surface area contributed by atoms with Gasteiger partial charge in [-0.1, -0.05) is 13.8 Å². The lowest BCUT2D eigenvalue weighted by Gasteiger charge is -2.40. The highest BCUT2D eigenvalue weighted by molar-refractivity contribution is 5.75. The number of benzene rings is 1. The Balaban J connectivity index is 1.82. The van der Waals surface area contributed by atoms with Gasteiger partial charge in [0.1, 0.15) is 24.7 Å². The number of pyridine rings is 1. The number of aromatic nitrogens is 1. The van der Waals surface area contributed by atoms with Crippen LogP contribution in [0, 0.1) is 11.9 Å². The van der Waals surface area contributed by atoms with E-state index >= 15 is 0 Å². The van der Waals surface area contributed by atoms with Gasteiger partial charge in [-0.3, -0.25) is 4.90 Å². The molecule has 0 saturated heterocycles. The first-order chi connectivity index (χ1) is 14.1. The molecule has 1 aromatic carbocycles. The second-order valence-electron chi connectivity index (χ2n) is 9.00. The number of rotatable bonds is 6. The fourth-order valence-corrected chi connectivity index (χ4v) is 3.93. The van der Waals surface area contributed by atoms with Crippen molar-refractivity contribution in [2.24, 2.45) is 5.92 Å². The number of halogens is 1. The zero-order chi connectivity index (χ0) is 22.1. The number of carbonyl (C=O) groups is 1. The van der Waals surface area contributed by atoms with Crippen molar-refractivity contribution >= 4 is 6.09 Å². The van der Waals surface area contributed by atoms with Crippen molar-refractivity contribution in [3.63, 3.8) is 0 Å². The van der Waals surface area contributed by atoms with Crippen LogP contribution in [0.5, 0.6) is 11.5 Å². The lowest BCUT2D eigenvalue weighted by molar-refractivity contribution is 0.0433. The van der Waals surface area contributed by atoms with E-state index < -0.39 is 17.6 Å². The molecule has 3 rings (SSSR count). The van der Waals surface area contributed by atoms with Crippen LogP contribution in [0.2, 0.25) is 0 Å². The van der Waals surface area contributed by atoms with Gasteiger partial charge in [0.05, 0.1) is 6.04 Å². The summed E-state index contributed by atoms with van der Waals surface area (Å²) in [5.74, 6) is 0.861. The maximum atomic E-state index is 14.2. The first kappa shape index (κ1) is 21.9. The molecule has 2 aromatic rings. The van der Waals surface area contributed by atoms with E-state index in [9.17, 15) is 14.3 Å². The van der Waals surface area contributed by atoms with E-state index in [0.717, 1.165) is 5.56 Å². The molecule has 1 aliphatic rings. The Morgan fingerprint density at radius 1 is 1.33 bits per heavy atom. The van der Waals surface area contributed by atoms with Gasteiger partial charge in [-0.2, -0.15) is 4.39 Å². The number of carboxylic acid groups (broad SMARTS) is 1. The monoisotopic (exact) mass is 416 g/mol. The summed E-state index contributed by atoms with van der Waals surface area (Å²) in [7, 11) is 0. The molecule has 1 aromatic heterocycles. The molecule has 2 heterocycles. The summed E-state index contributed by atoms with van der Waals surface area (Å²) in [4.78, 5) is 17.1. The van der Waals surface area contributed by atoms with Crippen molar-refractivity contribution in [2.75, 3.05) is 6.61 Å². The molecule has 0 saturated carbocycles. The normalized spacial score (nSPS) is 13.8. The van der Waals surface area contributed by atoms with Gasteiger partial charge >= 0.3 is 6.09 Å². The van der Waals surface area contributed by atoms with Gasteiger partial charge in [0.2, 0.25) is 5.95 Å². The predicted molar refractivity (Wildman–Crippen MR) is 112 cm³/mol. The third-order valence-electron chi connectivity index (χ3n) is 5.08. The van der Waals surface area contributed by atoms with Crippen molar-refractivity contribution in [3.8, 4) is 22.6 Å². The molecule has 0 fully saturated rings. The molecular weight excluding hydrogens is 387 g/mol. The molecule has 1 atom stereocenters. The molecule has 0 bridgehead atoms. The van der Waals surface area contributed by atoms with Gasteiger partial charge in [0.15, 0.2) is 0 Å². The Kier molecular flexibility index (Phi) is 6.19. The Labute approximate surface area is 176 Å². The molecule has 1 amide bonds. The number of fused-ring (bicyclic) bond motifs is 3. The lowest BCUT2D eigenvalue weighted by Crippen LogP contribution is -2.53. The molecule has 30 heavy (non-hydrogen) atoms. The topological polar surface area (TPSA) is 71.9 Å². The van der Waals surface area contributed by atoms with Crippen molar-refractivity contribution in [1.29, 1.82) is 0 Å². The molecule has 7 heteroatoms. The zero-order valence-corrected chi connectivity index (χ0v) is 18.1. The maximum absolute atomic E-state index is 14.2. The molecule has 1 aliphatic heterocycles. The Bertz CT molecular complexity index is 924.